The first-order valence-electron chi connectivity index (χ1n) is 4.71. The SMILES string of the molecule is CC(C)(Cc1cccc(C=O)c1)C(=O)[O-]. The maximum atomic E-state index is 10.8. The molecule has 0 bridgehead atoms. The second kappa shape index (κ2) is 4.26. The van der Waals surface area contributed by atoms with Crippen molar-refractivity contribution in [2.45, 2.75) is 20.3 Å². The molecule has 0 unspecified atom stereocenters. The van der Waals surface area contributed by atoms with Crippen LogP contribution in [0.25, 0.3) is 0 Å². The minimum Gasteiger partial charge on any atom is -0.550 e. The summed E-state index contributed by atoms with van der Waals surface area (Å²) in [6.07, 6.45) is 1.10. The van der Waals surface area contributed by atoms with E-state index >= 15 is 0 Å². The largest absolute Gasteiger partial charge is 0.550 e. The highest BCUT2D eigenvalue weighted by Crippen LogP contribution is 2.21. The number of hydrogen-bond donors (Lipinski definition) is 0. The minimum absolute atomic E-state index is 0.358. The lowest BCUT2D eigenvalue weighted by molar-refractivity contribution is -0.317. The first kappa shape index (κ1) is 11.4. The molecule has 0 heterocycles. The number of carboxylic acids is 1. The van der Waals surface area contributed by atoms with Gasteiger partial charge >= 0.3 is 0 Å². The van der Waals surface area contributed by atoms with Crippen LogP contribution in [0.5, 0.6) is 0 Å². The fraction of sp³-hybridized carbons (Fsp3) is 0.333. The third-order valence-electron chi connectivity index (χ3n) is 2.29. The molecule has 80 valence electrons. The lowest BCUT2D eigenvalue weighted by atomic mass is 9.85. The summed E-state index contributed by atoms with van der Waals surface area (Å²) in [6, 6.07) is 6.92. The fourth-order valence-electron chi connectivity index (χ4n) is 1.36. The molecule has 0 spiro atoms. The highest BCUT2D eigenvalue weighted by Gasteiger charge is 2.19. The fourth-order valence-corrected chi connectivity index (χ4v) is 1.36. The van der Waals surface area contributed by atoms with E-state index in [2.05, 4.69) is 0 Å². The van der Waals surface area contributed by atoms with Crippen LogP contribution in [0.15, 0.2) is 24.3 Å². The van der Waals surface area contributed by atoms with E-state index in [0.717, 1.165) is 11.8 Å². The Morgan fingerprint density at radius 2 is 2.13 bits per heavy atom. The standard InChI is InChI=1S/C12H14O3/c1-12(2,11(14)15)7-9-4-3-5-10(6-9)8-13/h3-6,8H,7H2,1-2H3,(H,14,15)/p-1. The summed E-state index contributed by atoms with van der Waals surface area (Å²) >= 11 is 0. The molecule has 0 N–H and O–H groups in total. The Morgan fingerprint density at radius 1 is 1.47 bits per heavy atom. The van der Waals surface area contributed by atoms with Crippen molar-refractivity contribution in [3.05, 3.63) is 35.4 Å². The van der Waals surface area contributed by atoms with Crippen LogP contribution in [0.2, 0.25) is 0 Å². The van der Waals surface area contributed by atoms with Crippen molar-refractivity contribution in [1.82, 2.24) is 0 Å². The summed E-state index contributed by atoms with van der Waals surface area (Å²) in [6.45, 7) is 3.21. The lowest BCUT2D eigenvalue weighted by Crippen LogP contribution is -2.39. The Hall–Kier alpha value is -1.64. The van der Waals surface area contributed by atoms with Crippen molar-refractivity contribution in [2.24, 2.45) is 5.41 Å². The molecular weight excluding hydrogens is 192 g/mol. The molecule has 0 aliphatic carbocycles. The van der Waals surface area contributed by atoms with E-state index in [1.54, 1.807) is 38.1 Å². The van der Waals surface area contributed by atoms with Gasteiger partial charge in [0.1, 0.15) is 6.29 Å². The van der Waals surface area contributed by atoms with Gasteiger partial charge in [0.2, 0.25) is 0 Å². The number of carboxylic acid groups (broad SMARTS) is 1. The highest BCUT2D eigenvalue weighted by molar-refractivity contribution is 5.75. The highest BCUT2D eigenvalue weighted by atomic mass is 16.4. The number of aliphatic carboxylic acids is 1. The Bertz CT molecular complexity index is 380. The Kier molecular flexibility index (Phi) is 3.24. The van der Waals surface area contributed by atoms with Crippen LogP contribution in [0.3, 0.4) is 0 Å². The van der Waals surface area contributed by atoms with Crippen LogP contribution >= 0.6 is 0 Å². The first-order chi connectivity index (χ1) is 6.95. The van der Waals surface area contributed by atoms with Crippen molar-refractivity contribution in [3.63, 3.8) is 0 Å². The topological polar surface area (TPSA) is 57.2 Å². The third kappa shape index (κ3) is 2.91. The van der Waals surface area contributed by atoms with E-state index in [1.165, 1.54) is 0 Å². The van der Waals surface area contributed by atoms with Gasteiger partial charge in [-0.1, -0.05) is 32.0 Å². The van der Waals surface area contributed by atoms with Gasteiger partial charge in [-0.05, 0) is 18.1 Å². The molecule has 0 saturated carbocycles. The molecule has 3 heteroatoms. The number of hydrogen-bond acceptors (Lipinski definition) is 3. The maximum absolute atomic E-state index is 10.8. The Morgan fingerprint density at radius 3 is 2.67 bits per heavy atom. The van der Waals surface area contributed by atoms with Gasteiger partial charge in [-0.25, -0.2) is 0 Å². The molecule has 0 saturated heterocycles. The number of rotatable bonds is 4. The van der Waals surface area contributed by atoms with Crippen molar-refractivity contribution < 1.29 is 14.7 Å². The molecule has 1 rings (SSSR count). The van der Waals surface area contributed by atoms with Gasteiger partial charge in [0.15, 0.2) is 0 Å². The van der Waals surface area contributed by atoms with Crippen molar-refractivity contribution >= 4 is 12.3 Å². The molecular formula is C12H13O3-. The van der Waals surface area contributed by atoms with Crippen LogP contribution in [-0.2, 0) is 11.2 Å². The molecule has 0 aliphatic heterocycles. The first-order valence-corrected chi connectivity index (χ1v) is 4.71. The number of carbonyl (C=O) groups is 2. The molecule has 1 aromatic carbocycles. The normalized spacial score (nSPS) is 11.1. The smallest absolute Gasteiger partial charge is 0.150 e. The van der Waals surface area contributed by atoms with Crippen LogP contribution in [-0.4, -0.2) is 12.3 Å². The zero-order chi connectivity index (χ0) is 11.5. The minimum atomic E-state index is -1.08. The monoisotopic (exact) mass is 205 g/mol. The predicted octanol–water partition coefficient (Wildman–Crippen LogP) is 0.818. The molecule has 15 heavy (non-hydrogen) atoms. The second-order valence-electron chi connectivity index (χ2n) is 4.21. The quantitative estimate of drug-likeness (QED) is 0.684. The van der Waals surface area contributed by atoms with E-state index in [4.69, 9.17) is 0 Å². The number of benzene rings is 1. The average molecular weight is 205 g/mol. The van der Waals surface area contributed by atoms with E-state index in [-0.39, 0.29) is 0 Å². The average Bonchev–Trinajstić information content (AvgIpc) is 2.17. The second-order valence-corrected chi connectivity index (χ2v) is 4.21. The van der Waals surface area contributed by atoms with E-state index in [9.17, 15) is 14.7 Å². The summed E-state index contributed by atoms with van der Waals surface area (Å²) in [5.74, 6) is -1.08. The van der Waals surface area contributed by atoms with Crippen LogP contribution < -0.4 is 5.11 Å². The van der Waals surface area contributed by atoms with Crippen molar-refractivity contribution in [3.8, 4) is 0 Å². The summed E-state index contributed by atoms with van der Waals surface area (Å²) < 4.78 is 0. The Balaban J connectivity index is 2.89. The predicted molar refractivity (Wildman–Crippen MR) is 54.3 cm³/mol. The molecule has 0 aliphatic rings. The Labute approximate surface area is 88.7 Å². The van der Waals surface area contributed by atoms with E-state index in [0.29, 0.717) is 12.0 Å². The van der Waals surface area contributed by atoms with Crippen LogP contribution in [0, 0.1) is 5.41 Å². The molecule has 3 nitrogen and oxygen atoms in total. The molecule has 0 radical (unpaired) electrons. The summed E-state index contributed by atoms with van der Waals surface area (Å²) in [5, 5.41) is 10.8. The van der Waals surface area contributed by atoms with Gasteiger partial charge in [-0.2, -0.15) is 0 Å². The van der Waals surface area contributed by atoms with Crippen molar-refractivity contribution in [1.29, 1.82) is 0 Å². The molecule has 0 fully saturated rings. The van der Waals surface area contributed by atoms with Crippen LogP contribution in [0.4, 0.5) is 0 Å². The molecule has 0 amide bonds. The van der Waals surface area contributed by atoms with Gasteiger partial charge in [-0.3, -0.25) is 4.79 Å². The summed E-state index contributed by atoms with van der Waals surface area (Å²) in [7, 11) is 0. The molecule has 0 atom stereocenters. The lowest BCUT2D eigenvalue weighted by Gasteiger charge is -2.25. The number of aldehydes is 1. The third-order valence-corrected chi connectivity index (χ3v) is 2.29. The van der Waals surface area contributed by atoms with Gasteiger partial charge < -0.3 is 9.90 Å². The van der Waals surface area contributed by atoms with Gasteiger partial charge in [0.05, 0.1) is 0 Å². The van der Waals surface area contributed by atoms with Gasteiger partial charge in [0, 0.05) is 16.9 Å². The zero-order valence-electron chi connectivity index (χ0n) is 8.82. The zero-order valence-corrected chi connectivity index (χ0v) is 8.82. The van der Waals surface area contributed by atoms with E-state index < -0.39 is 11.4 Å². The number of carbonyl (C=O) groups excluding carboxylic acids is 2. The maximum Gasteiger partial charge on any atom is 0.150 e. The van der Waals surface area contributed by atoms with Gasteiger partial charge in [-0.15, -0.1) is 0 Å². The van der Waals surface area contributed by atoms with Crippen LogP contribution in [0.1, 0.15) is 29.8 Å². The molecule has 1 aromatic rings. The molecule has 0 aromatic heterocycles. The van der Waals surface area contributed by atoms with E-state index in [1.807, 2.05) is 0 Å². The van der Waals surface area contributed by atoms with Crippen molar-refractivity contribution in [2.75, 3.05) is 0 Å². The summed E-state index contributed by atoms with van der Waals surface area (Å²) in [5.41, 5.74) is 0.470. The summed E-state index contributed by atoms with van der Waals surface area (Å²) in [4.78, 5) is 21.3. The van der Waals surface area contributed by atoms with Gasteiger partial charge in [0.25, 0.3) is 0 Å².